The summed E-state index contributed by atoms with van der Waals surface area (Å²) < 4.78 is 26.2. The number of nitrogens with zero attached hydrogens (tertiary/aromatic N) is 3. The zero-order valence-corrected chi connectivity index (χ0v) is 16.6. The van der Waals surface area contributed by atoms with Crippen molar-refractivity contribution in [2.45, 2.75) is 6.92 Å². The van der Waals surface area contributed by atoms with E-state index < -0.39 is 11.7 Å². The van der Waals surface area contributed by atoms with Crippen LogP contribution in [0.3, 0.4) is 0 Å². The molecule has 1 amide bonds. The lowest BCUT2D eigenvalue weighted by Crippen LogP contribution is -2.14. The van der Waals surface area contributed by atoms with Crippen LogP contribution in [0.2, 0.25) is 0 Å². The van der Waals surface area contributed by atoms with Crippen molar-refractivity contribution in [2.24, 2.45) is 0 Å². The fourth-order valence-corrected chi connectivity index (χ4v) is 3.17. The predicted octanol–water partition coefficient (Wildman–Crippen LogP) is 4.14. The normalized spacial score (nSPS) is 10.8. The molecule has 0 aliphatic rings. The number of carbonyl (C=O) groups is 1. The number of carbonyl (C=O) groups excluding carboxylic acids is 1. The van der Waals surface area contributed by atoms with Crippen LogP contribution in [0.1, 0.15) is 15.9 Å². The van der Waals surface area contributed by atoms with Crippen LogP contribution in [-0.4, -0.2) is 34.7 Å². The molecule has 8 heteroatoms. The quantitative estimate of drug-likeness (QED) is 0.539. The SMILES string of the molecule is COc1ccc2c(c1)nc(OC)n2-c1ccc(NC(=O)c2cncc(F)c2C)cc1. The molecule has 0 aliphatic carbocycles. The van der Waals surface area contributed by atoms with Gasteiger partial charge in [0.15, 0.2) is 0 Å². The van der Waals surface area contributed by atoms with Gasteiger partial charge in [-0.05, 0) is 43.3 Å². The fourth-order valence-electron chi connectivity index (χ4n) is 3.17. The van der Waals surface area contributed by atoms with E-state index in [-0.39, 0.29) is 11.1 Å². The summed E-state index contributed by atoms with van der Waals surface area (Å²) in [5.74, 6) is -0.242. The second kappa shape index (κ2) is 7.82. The van der Waals surface area contributed by atoms with Crippen LogP contribution >= 0.6 is 0 Å². The monoisotopic (exact) mass is 406 g/mol. The van der Waals surface area contributed by atoms with Crippen molar-refractivity contribution in [3.05, 3.63) is 71.8 Å². The summed E-state index contributed by atoms with van der Waals surface area (Å²) in [4.78, 5) is 20.7. The highest BCUT2D eigenvalue weighted by molar-refractivity contribution is 6.05. The Morgan fingerprint density at radius 1 is 1.07 bits per heavy atom. The summed E-state index contributed by atoms with van der Waals surface area (Å²) >= 11 is 0. The molecular formula is C22H19FN4O3. The molecule has 0 bridgehead atoms. The summed E-state index contributed by atoms with van der Waals surface area (Å²) in [6.07, 6.45) is 2.43. The maximum Gasteiger partial charge on any atom is 0.301 e. The van der Waals surface area contributed by atoms with Gasteiger partial charge in [0.1, 0.15) is 11.6 Å². The second-order valence-electron chi connectivity index (χ2n) is 6.58. The Morgan fingerprint density at radius 3 is 2.53 bits per heavy atom. The number of nitrogens with one attached hydrogen (secondary N) is 1. The van der Waals surface area contributed by atoms with Gasteiger partial charge in [-0.1, -0.05) is 0 Å². The number of imidazole rings is 1. The number of rotatable bonds is 5. The standard InChI is InChI=1S/C22H19FN4O3/c1-13-17(11-24-12-18(13)23)21(28)25-14-4-6-15(7-5-14)27-20-9-8-16(29-2)10-19(20)26-22(27)30-3/h4-12H,1-3H3,(H,25,28). The van der Waals surface area contributed by atoms with E-state index in [1.807, 2.05) is 34.9 Å². The zero-order valence-electron chi connectivity index (χ0n) is 16.6. The van der Waals surface area contributed by atoms with Crippen molar-refractivity contribution < 1.29 is 18.7 Å². The number of pyridine rings is 1. The smallest absolute Gasteiger partial charge is 0.301 e. The lowest BCUT2D eigenvalue weighted by atomic mass is 10.1. The van der Waals surface area contributed by atoms with Crippen molar-refractivity contribution in [3.8, 4) is 17.4 Å². The van der Waals surface area contributed by atoms with Crippen molar-refractivity contribution >= 4 is 22.6 Å². The molecule has 0 saturated carbocycles. The molecule has 0 unspecified atom stereocenters. The molecule has 152 valence electrons. The molecule has 0 aliphatic heterocycles. The molecule has 4 aromatic rings. The Bertz CT molecular complexity index is 1240. The molecule has 2 aromatic heterocycles. The highest BCUT2D eigenvalue weighted by Gasteiger charge is 2.15. The zero-order chi connectivity index (χ0) is 21.3. The van der Waals surface area contributed by atoms with E-state index in [1.165, 1.54) is 6.20 Å². The minimum Gasteiger partial charge on any atom is -0.497 e. The van der Waals surface area contributed by atoms with Gasteiger partial charge >= 0.3 is 6.01 Å². The molecule has 0 radical (unpaired) electrons. The van der Waals surface area contributed by atoms with Crippen molar-refractivity contribution in [2.75, 3.05) is 19.5 Å². The van der Waals surface area contributed by atoms with E-state index in [4.69, 9.17) is 9.47 Å². The molecule has 4 rings (SSSR count). The highest BCUT2D eigenvalue weighted by Crippen LogP contribution is 2.29. The molecule has 1 N–H and O–H groups in total. The van der Waals surface area contributed by atoms with Gasteiger partial charge in [0.25, 0.3) is 5.91 Å². The van der Waals surface area contributed by atoms with Crippen LogP contribution < -0.4 is 14.8 Å². The molecule has 0 saturated heterocycles. The third-order valence-electron chi connectivity index (χ3n) is 4.80. The fraction of sp³-hybridized carbons (Fsp3) is 0.136. The summed E-state index contributed by atoms with van der Waals surface area (Å²) in [5.41, 5.74) is 3.40. The third-order valence-corrected chi connectivity index (χ3v) is 4.80. The van der Waals surface area contributed by atoms with Crippen molar-refractivity contribution in [1.29, 1.82) is 0 Å². The summed E-state index contributed by atoms with van der Waals surface area (Å²) in [5, 5.41) is 2.76. The number of fused-ring (bicyclic) bond motifs is 1. The maximum atomic E-state index is 13.7. The van der Waals surface area contributed by atoms with Gasteiger partial charge in [0.2, 0.25) is 0 Å². The van der Waals surface area contributed by atoms with Gasteiger partial charge in [0, 0.05) is 23.5 Å². The summed E-state index contributed by atoms with van der Waals surface area (Å²) in [7, 11) is 3.16. The third kappa shape index (κ3) is 3.43. The van der Waals surface area contributed by atoms with Crippen LogP contribution in [-0.2, 0) is 0 Å². The molecular weight excluding hydrogens is 387 g/mol. The van der Waals surface area contributed by atoms with Crippen molar-refractivity contribution in [1.82, 2.24) is 14.5 Å². The van der Waals surface area contributed by atoms with E-state index in [2.05, 4.69) is 15.3 Å². The first-order chi connectivity index (χ1) is 14.5. The number of aromatic nitrogens is 3. The Balaban J connectivity index is 1.64. The average Bonchev–Trinajstić information content (AvgIpc) is 3.13. The van der Waals surface area contributed by atoms with Crippen molar-refractivity contribution in [3.63, 3.8) is 0 Å². The molecule has 7 nitrogen and oxygen atoms in total. The highest BCUT2D eigenvalue weighted by atomic mass is 19.1. The number of ether oxygens (including phenoxy) is 2. The summed E-state index contributed by atoms with van der Waals surface area (Å²) in [6.45, 7) is 1.54. The van der Waals surface area contributed by atoms with Crippen LogP contribution in [0, 0.1) is 12.7 Å². The largest absolute Gasteiger partial charge is 0.497 e. The topological polar surface area (TPSA) is 78.3 Å². The first kappa shape index (κ1) is 19.4. The van der Waals surface area contributed by atoms with Crippen LogP contribution in [0.4, 0.5) is 10.1 Å². The number of amides is 1. The van der Waals surface area contributed by atoms with E-state index in [9.17, 15) is 9.18 Å². The number of halogens is 1. The second-order valence-corrected chi connectivity index (χ2v) is 6.58. The minimum absolute atomic E-state index is 0.190. The van der Waals surface area contributed by atoms with Gasteiger partial charge in [-0.25, -0.2) is 4.39 Å². The molecule has 0 fully saturated rings. The Hall–Kier alpha value is -3.94. The number of benzene rings is 2. The number of hydrogen-bond acceptors (Lipinski definition) is 5. The van der Waals surface area contributed by atoms with Gasteiger partial charge in [-0.2, -0.15) is 4.98 Å². The number of methoxy groups -OCH3 is 2. The first-order valence-corrected chi connectivity index (χ1v) is 9.14. The number of anilines is 1. The van der Waals surface area contributed by atoms with Crippen LogP contribution in [0.25, 0.3) is 16.7 Å². The lowest BCUT2D eigenvalue weighted by Gasteiger charge is -2.11. The van der Waals surface area contributed by atoms with Crippen LogP contribution in [0.5, 0.6) is 11.8 Å². The minimum atomic E-state index is -0.520. The molecule has 0 spiro atoms. The lowest BCUT2D eigenvalue weighted by molar-refractivity contribution is 0.102. The molecule has 30 heavy (non-hydrogen) atoms. The summed E-state index contributed by atoms with van der Waals surface area (Å²) in [6, 6.07) is 13.2. The van der Waals surface area contributed by atoms with E-state index in [0.29, 0.717) is 17.4 Å². The van der Waals surface area contributed by atoms with Crippen LogP contribution in [0.15, 0.2) is 54.9 Å². The first-order valence-electron chi connectivity index (χ1n) is 9.14. The van der Waals surface area contributed by atoms with E-state index in [1.54, 1.807) is 33.3 Å². The molecule has 0 atom stereocenters. The molecule has 2 heterocycles. The Kier molecular flexibility index (Phi) is 5.05. The van der Waals surface area contributed by atoms with E-state index in [0.717, 1.165) is 22.9 Å². The number of hydrogen-bond donors (Lipinski definition) is 1. The Morgan fingerprint density at radius 2 is 1.83 bits per heavy atom. The van der Waals surface area contributed by atoms with Gasteiger partial charge in [-0.3, -0.25) is 14.3 Å². The molecule has 2 aromatic carbocycles. The predicted molar refractivity (Wildman–Crippen MR) is 111 cm³/mol. The Labute approximate surface area is 172 Å². The maximum absolute atomic E-state index is 13.7. The van der Waals surface area contributed by atoms with E-state index >= 15 is 0 Å². The average molecular weight is 406 g/mol. The van der Waals surface area contributed by atoms with Gasteiger partial charge in [-0.15, -0.1) is 0 Å². The van der Waals surface area contributed by atoms with Gasteiger partial charge in [0.05, 0.1) is 42.7 Å². The van der Waals surface area contributed by atoms with Gasteiger partial charge < -0.3 is 14.8 Å².